The van der Waals surface area contributed by atoms with Crippen LogP contribution < -0.4 is 4.18 Å². The van der Waals surface area contributed by atoms with Gasteiger partial charge in [0.1, 0.15) is 4.90 Å². The highest BCUT2D eigenvalue weighted by molar-refractivity contribution is 7.90. The Morgan fingerprint density at radius 3 is 2.04 bits per heavy atom. The molecule has 2 aromatic carbocycles. The van der Waals surface area contributed by atoms with Crippen LogP contribution >= 0.6 is 0 Å². The average molecular weight is 380 g/mol. The molecule has 0 aliphatic heterocycles. The summed E-state index contributed by atoms with van der Waals surface area (Å²) in [6.07, 6.45) is -3.93. The molecule has 10 heteroatoms. The third-order valence-electron chi connectivity index (χ3n) is 2.91. The molecule has 0 heterocycles. The molecule has 0 radical (unpaired) electrons. The van der Waals surface area contributed by atoms with Gasteiger partial charge in [-0.3, -0.25) is 0 Å². The second kappa shape index (κ2) is 6.10. The van der Waals surface area contributed by atoms with Gasteiger partial charge < -0.3 is 4.18 Å². The van der Waals surface area contributed by atoms with Gasteiger partial charge in [0.05, 0.1) is 10.5 Å². The van der Waals surface area contributed by atoms with Gasteiger partial charge in [0.2, 0.25) is 0 Å². The Balaban J connectivity index is 2.48. The summed E-state index contributed by atoms with van der Waals surface area (Å²) in [5, 5.41) is 0. The van der Waals surface area contributed by atoms with E-state index >= 15 is 0 Å². The van der Waals surface area contributed by atoms with Crippen LogP contribution in [0.4, 0.5) is 13.2 Å². The highest BCUT2D eigenvalue weighted by atomic mass is 32.2. The van der Waals surface area contributed by atoms with Crippen LogP contribution in [0.3, 0.4) is 0 Å². The lowest BCUT2D eigenvalue weighted by Crippen LogP contribution is -2.14. The molecule has 0 unspecified atom stereocenters. The SMILES string of the molecule is CS(=O)(=O)c1cccc(S(=O)(=O)Oc2ccccc2C(F)(F)F)c1. The van der Waals surface area contributed by atoms with Gasteiger partial charge >= 0.3 is 16.3 Å². The average Bonchev–Trinajstić information content (AvgIpc) is 2.45. The topological polar surface area (TPSA) is 77.5 Å². The van der Waals surface area contributed by atoms with Crippen molar-refractivity contribution in [1.82, 2.24) is 0 Å². The predicted molar refractivity (Wildman–Crippen MR) is 78.8 cm³/mol. The number of para-hydroxylation sites is 1. The minimum absolute atomic E-state index is 0.295. The molecule has 0 saturated carbocycles. The Kier molecular flexibility index (Phi) is 4.64. The van der Waals surface area contributed by atoms with Crippen molar-refractivity contribution in [2.45, 2.75) is 16.0 Å². The molecular weight excluding hydrogens is 369 g/mol. The second-order valence-electron chi connectivity index (χ2n) is 4.78. The van der Waals surface area contributed by atoms with Crippen molar-refractivity contribution in [2.24, 2.45) is 0 Å². The first-order chi connectivity index (χ1) is 10.9. The van der Waals surface area contributed by atoms with E-state index in [9.17, 15) is 30.0 Å². The summed E-state index contributed by atoms with van der Waals surface area (Å²) in [6, 6.07) is 7.99. The van der Waals surface area contributed by atoms with Crippen LogP contribution in [0, 0.1) is 0 Å². The molecule has 2 rings (SSSR count). The highest BCUT2D eigenvalue weighted by Crippen LogP contribution is 2.37. The van der Waals surface area contributed by atoms with Crippen molar-refractivity contribution in [3.63, 3.8) is 0 Å². The van der Waals surface area contributed by atoms with Crippen LogP contribution in [0.1, 0.15) is 5.56 Å². The fraction of sp³-hybridized carbons (Fsp3) is 0.143. The van der Waals surface area contributed by atoms with Gasteiger partial charge in [-0.25, -0.2) is 8.42 Å². The van der Waals surface area contributed by atoms with Crippen LogP contribution in [0.15, 0.2) is 58.3 Å². The molecule has 0 amide bonds. The van der Waals surface area contributed by atoms with Crippen LogP contribution in [0.2, 0.25) is 0 Å². The lowest BCUT2D eigenvalue weighted by atomic mass is 10.2. The van der Waals surface area contributed by atoms with E-state index in [4.69, 9.17) is 0 Å². The molecule has 0 fully saturated rings. The zero-order chi connectivity index (χ0) is 18.2. The molecule has 2 aromatic rings. The van der Waals surface area contributed by atoms with Gasteiger partial charge in [0.15, 0.2) is 15.6 Å². The Bertz CT molecular complexity index is 964. The molecule has 0 N–H and O–H groups in total. The van der Waals surface area contributed by atoms with E-state index in [1.165, 1.54) is 6.07 Å². The Morgan fingerprint density at radius 2 is 1.46 bits per heavy atom. The van der Waals surface area contributed by atoms with Crippen molar-refractivity contribution < 1.29 is 34.2 Å². The Hall–Kier alpha value is -2.07. The zero-order valence-electron chi connectivity index (χ0n) is 12.1. The molecule has 0 aromatic heterocycles. The maximum atomic E-state index is 12.9. The zero-order valence-corrected chi connectivity index (χ0v) is 13.7. The highest BCUT2D eigenvalue weighted by Gasteiger charge is 2.35. The quantitative estimate of drug-likeness (QED) is 0.763. The van der Waals surface area contributed by atoms with Crippen molar-refractivity contribution in [3.05, 3.63) is 54.1 Å². The molecule has 0 atom stereocenters. The summed E-state index contributed by atoms with van der Waals surface area (Å²) in [5.74, 6) is -0.894. The molecule has 0 spiro atoms. The molecule has 24 heavy (non-hydrogen) atoms. The van der Waals surface area contributed by atoms with E-state index in [0.717, 1.165) is 42.7 Å². The standard InChI is InChI=1S/C14H11F3O5S2/c1-23(18,19)10-5-4-6-11(9-10)24(20,21)22-13-8-3-2-7-12(13)14(15,16)17/h2-9H,1H3. The van der Waals surface area contributed by atoms with Gasteiger partial charge in [-0.05, 0) is 30.3 Å². The number of alkyl halides is 3. The summed E-state index contributed by atoms with van der Waals surface area (Å²) < 4.78 is 90.5. The van der Waals surface area contributed by atoms with E-state index < -0.39 is 42.3 Å². The molecule has 0 bridgehead atoms. The molecule has 0 saturated heterocycles. The van der Waals surface area contributed by atoms with Crippen LogP contribution in [0.5, 0.6) is 5.75 Å². The van der Waals surface area contributed by atoms with Crippen LogP contribution in [-0.4, -0.2) is 23.1 Å². The summed E-state index contributed by atoms with van der Waals surface area (Å²) in [5.41, 5.74) is -1.26. The third kappa shape index (κ3) is 4.06. The summed E-state index contributed by atoms with van der Waals surface area (Å²) >= 11 is 0. The molecule has 5 nitrogen and oxygen atoms in total. The summed E-state index contributed by atoms with van der Waals surface area (Å²) in [6.45, 7) is 0. The number of hydrogen-bond donors (Lipinski definition) is 0. The molecular formula is C14H11F3O5S2. The lowest BCUT2D eigenvalue weighted by molar-refractivity contribution is -0.138. The van der Waals surface area contributed by atoms with E-state index in [2.05, 4.69) is 4.18 Å². The van der Waals surface area contributed by atoms with Gasteiger partial charge in [-0.1, -0.05) is 18.2 Å². The lowest BCUT2D eigenvalue weighted by Gasteiger charge is -2.13. The van der Waals surface area contributed by atoms with Crippen molar-refractivity contribution in [2.75, 3.05) is 6.26 Å². The van der Waals surface area contributed by atoms with Crippen molar-refractivity contribution in [3.8, 4) is 5.75 Å². The third-order valence-corrected chi connectivity index (χ3v) is 5.25. The van der Waals surface area contributed by atoms with E-state index in [1.807, 2.05) is 0 Å². The van der Waals surface area contributed by atoms with Gasteiger partial charge in [-0.15, -0.1) is 0 Å². The number of hydrogen-bond acceptors (Lipinski definition) is 5. The Morgan fingerprint density at radius 1 is 0.875 bits per heavy atom. The van der Waals surface area contributed by atoms with E-state index in [-0.39, 0.29) is 4.90 Å². The van der Waals surface area contributed by atoms with Crippen molar-refractivity contribution >= 4 is 20.0 Å². The second-order valence-corrected chi connectivity index (χ2v) is 8.34. The number of benzene rings is 2. The van der Waals surface area contributed by atoms with E-state index in [1.54, 1.807) is 0 Å². The smallest absolute Gasteiger partial charge is 0.378 e. The van der Waals surface area contributed by atoms with E-state index in [0.29, 0.717) is 6.07 Å². The van der Waals surface area contributed by atoms with Crippen LogP contribution in [-0.2, 0) is 26.1 Å². The molecule has 0 aliphatic carbocycles. The van der Waals surface area contributed by atoms with Gasteiger partial charge in [-0.2, -0.15) is 21.6 Å². The Labute approximate surface area is 136 Å². The number of rotatable bonds is 4. The predicted octanol–water partition coefficient (Wildman–Crippen LogP) is 2.88. The number of halogens is 3. The van der Waals surface area contributed by atoms with Gasteiger partial charge in [0.25, 0.3) is 0 Å². The first-order valence-corrected chi connectivity index (χ1v) is 9.62. The molecule has 0 aliphatic rings. The largest absolute Gasteiger partial charge is 0.420 e. The van der Waals surface area contributed by atoms with Crippen molar-refractivity contribution in [1.29, 1.82) is 0 Å². The number of sulfone groups is 1. The monoisotopic (exact) mass is 380 g/mol. The maximum Gasteiger partial charge on any atom is 0.420 e. The van der Waals surface area contributed by atoms with Gasteiger partial charge in [0, 0.05) is 6.26 Å². The normalized spacial score (nSPS) is 12.8. The first-order valence-electron chi connectivity index (χ1n) is 6.32. The summed E-state index contributed by atoms with van der Waals surface area (Å²) in [7, 11) is -8.33. The minimum Gasteiger partial charge on any atom is -0.378 e. The fourth-order valence-electron chi connectivity index (χ4n) is 1.80. The maximum absolute atomic E-state index is 12.9. The van der Waals surface area contributed by atoms with Crippen LogP contribution in [0.25, 0.3) is 0 Å². The fourth-order valence-corrected chi connectivity index (χ4v) is 3.54. The minimum atomic E-state index is -4.80. The molecule has 130 valence electrons. The first kappa shape index (κ1) is 18.3. The summed E-state index contributed by atoms with van der Waals surface area (Å²) in [4.78, 5) is -0.862.